The van der Waals surface area contributed by atoms with Gasteiger partial charge in [0.05, 0.1) is 11.3 Å². The maximum absolute atomic E-state index is 12.3. The van der Waals surface area contributed by atoms with E-state index in [0.717, 1.165) is 0 Å². The third-order valence-electron chi connectivity index (χ3n) is 2.93. The van der Waals surface area contributed by atoms with E-state index in [1.807, 2.05) is 5.32 Å². The quantitative estimate of drug-likeness (QED) is 0.594. The summed E-state index contributed by atoms with van der Waals surface area (Å²) in [5.74, 6) is -1.57. The summed E-state index contributed by atoms with van der Waals surface area (Å²) in [6.45, 7) is 4.93. The zero-order valence-corrected chi connectivity index (χ0v) is 14.5. The summed E-state index contributed by atoms with van der Waals surface area (Å²) in [5, 5.41) is 9.41. The maximum atomic E-state index is 12.3. The van der Waals surface area contributed by atoms with E-state index in [0.29, 0.717) is 0 Å². The van der Waals surface area contributed by atoms with Gasteiger partial charge >= 0.3 is 18.0 Å². The molecule has 0 saturated heterocycles. The second-order valence-electron chi connectivity index (χ2n) is 5.41. The molecule has 0 fully saturated rings. The lowest BCUT2D eigenvalue weighted by Crippen LogP contribution is -2.43. The number of anilines is 1. The minimum Gasteiger partial charge on any atom is -0.449 e. The first-order chi connectivity index (χ1) is 11.7. The molecule has 0 bridgehead atoms. The molecule has 0 radical (unpaired) electrons. The number of para-hydroxylation sites is 1. The first-order valence-electron chi connectivity index (χ1n) is 7.64. The van der Waals surface area contributed by atoms with Crippen molar-refractivity contribution in [3.8, 4) is 0 Å². The number of carbonyl (C=O) groups excluding carboxylic acids is 4. The molecule has 0 spiro atoms. The molecule has 0 aromatic heterocycles. The number of ether oxygens (including phenoxy) is 1. The molecule has 1 aromatic carbocycles. The van der Waals surface area contributed by atoms with Gasteiger partial charge < -0.3 is 20.7 Å². The molecule has 136 valence electrons. The molecule has 9 nitrogen and oxygen atoms in total. The van der Waals surface area contributed by atoms with Crippen LogP contribution < -0.4 is 21.3 Å². The summed E-state index contributed by atoms with van der Waals surface area (Å²) in [6.07, 6.45) is -1.19. The number of hydrogen-bond donors (Lipinski definition) is 4. The van der Waals surface area contributed by atoms with Crippen molar-refractivity contribution in [3.63, 3.8) is 0 Å². The number of esters is 1. The van der Waals surface area contributed by atoms with Gasteiger partial charge in [0.15, 0.2) is 6.10 Å². The normalized spacial score (nSPS) is 11.2. The Labute approximate surface area is 145 Å². The van der Waals surface area contributed by atoms with Crippen LogP contribution in [0.4, 0.5) is 15.3 Å². The highest BCUT2D eigenvalue weighted by molar-refractivity contribution is 6.02. The SMILES string of the molecule is CNC(=O)NC(=O)C(C)OC(=O)c1ccccc1NC(=O)NC(C)C. The van der Waals surface area contributed by atoms with Crippen molar-refractivity contribution < 1.29 is 23.9 Å². The lowest BCUT2D eigenvalue weighted by atomic mass is 10.2. The second kappa shape index (κ2) is 9.26. The standard InChI is InChI=1S/C16H22N4O5/c1-9(2)18-16(24)19-12-8-6-5-7-11(12)14(22)25-10(3)13(21)20-15(23)17-4/h5-10H,1-4H3,(H2,18,19,24)(H2,17,20,21,23). The average molecular weight is 350 g/mol. The topological polar surface area (TPSA) is 126 Å². The van der Waals surface area contributed by atoms with Gasteiger partial charge in [0.2, 0.25) is 0 Å². The average Bonchev–Trinajstić information content (AvgIpc) is 2.54. The molecule has 0 aliphatic carbocycles. The van der Waals surface area contributed by atoms with Crippen LogP contribution in [-0.2, 0) is 9.53 Å². The zero-order valence-electron chi connectivity index (χ0n) is 14.5. The Morgan fingerprint density at radius 1 is 1.00 bits per heavy atom. The van der Waals surface area contributed by atoms with Crippen LogP contribution in [-0.4, -0.2) is 43.1 Å². The van der Waals surface area contributed by atoms with E-state index in [2.05, 4.69) is 16.0 Å². The largest absolute Gasteiger partial charge is 0.449 e. The predicted molar refractivity (Wildman–Crippen MR) is 91.2 cm³/mol. The van der Waals surface area contributed by atoms with Crippen LogP contribution >= 0.6 is 0 Å². The van der Waals surface area contributed by atoms with Crippen LogP contribution in [0.5, 0.6) is 0 Å². The molecule has 25 heavy (non-hydrogen) atoms. The minimum atomic E-state index is -1.19. The molecule has 1 rings (SSSR count). The van der Waals surface area contributed by atoms with E-state index in [1.54, 1.807) is 26.0 Å². The van der Waals surface area contributed by atoms with Crippen molar-refractivity contribution in [2.24, 2.45) is 0 Å². The Balaban J connectivity index is 2.80. The zero-order chi connectivity index (χ0) is 19.0. The minimum absolute atomic E-state index is 0.0763. The molecule has 9 heteroatoms. The third kappa shape index (κ3) is 6.50. The molecule has 0 aliphatic heterocycles. The first-order valence-corrected chi connectivity index (χ1v) is 7.64. The van der Waals surface area contributed by atoms with Gasteiger partial charge in [0, 0.05) is 13.1 Å². The van der Waals surface area contributed by atoms with Gasteiger partial charge in [-0.2, -0.15) is 0 Å². The van der Waals surface area contributed by atoms with E-state index in [1.165, 1.54) is 26.1 Å². The molecular formula is C16H22N4O5. The lowest BCUT2D eigenvalue weighted by molar-refractivity contribution is -0.127. The Hall–Kier alpha value is -3.10. The van der Waals surface area contributed by atoms with E-state index >= 15 is 0 Å². The molecule has 1 aromatic rings. The fourth-order valence-electron chi connectivity index (χ4n) is 1.74. The number of nitrogens with one attached hydrogen (secondary N) is 4. The Bertz CT molecular complexity index is 660. The molecular weight excluding hydrogens is 328 g/mol. The summed E-state index contributed by atoms with van der Waals surface area (Å²) in [7, 11) is 1.35. The second-order valence-corrected chi connectivity index (χ2v) is 5.41. The van der Waals surface area contributed by atoms with E-state index in [-0.39, 0.29) is 17.3 Å². The number of imide groups is 1. The van der Waals surface area contributed by atoms with E-state index in [4.69, 9.17) is 4.74 Å². The van der Waals surface area contributed by atoms with Gasteiger partial charge in [-0.05, 0) is 32.9 Å². The maximum Gasteiger partial charge on any atom is 0.341 e. The lowest BCUT2D eigenvalue weighted by Gasteiger charge is -2.15. The number of amides is 5. The summed E-state index contributed by atoms with van der Waals surface area (Å²) < 4.78 is 5.04. The van der Waals surface area contributed by atoms with E-state index in [9.17, 15) is 19.2 Å². The molecule has 0 aliphatic rings. The van der Waals surface area contributed by atoms with Crippen LogP contribution in [0.3, 0.4) is 0 Å². The summed E-state index contributed by atoms with van der Waals surface area (Å²) in [5.41, 5.74) is 0.325. The van der Waals surface area contributed by atoms with Gasteiger partial charge in [0.25, 0.3) is 5.91 Å². The number of benzene rings is 1. The molecule has 5 amide bonds. The van der Waals surface area contributed by atoms with Crippen LogP contribution in [0.25, 0.3) is 0 Å². The van der Waals surface area contributed by atoms with Crippen molar-refractivity contribution in [2.45, 2.75) is 32.9 Å². The highest BCUT2D eigenvalue weighted by Crippen LogP contribution is 2.17. The van der Waals surface area contributed by atoms with Gasteiger partial charge in [-0.15, -0.1) is 0 Å². The van der Waals surface area contributed by atoms with Gasteiger partial charge in [0.1, 0.15) is 0 Å². The Morgan fingerprint density at radius 2 is 1.64 bits per heavy atom. The van der Waals surface area contributed by atoms with Gasteiger partial charge in [-0.25, -0.2) is 14.4 Å². The number of rotatable bonds is 5. The van der Waals surface area contributed by atoms with Crippen LogP contribution in [0.1, 0.15) is 31.1 Å². The van der Waals surface area contributed by atoms with Crippen LogP contribution in [0, 0.1) is 0 Å². The predicted octanol–water partition coefficient (Wildman–Crippen LogP) is 1.22. The highest BCUT2D eigenvalue weighted by Gasteiger charge is 2.22. The Morgan fingerprint density at radius 3 is 2.24 bits per heavy atom. The summed E-state index contributed by atoms with van der Waals surface area (Å²) >= 11 is 0. The number of carbonyl (C=O) groups is 4. The summed E-state index contributed by atoms with van der Waals surface area (Å²) in [6, 6.07) is 4.97. The number of hydrogen-bond acceptors (Lipinski definition) is 5. The van der Waals surface area contributed by atoms with E-state index < -0.39 is 30.0 Å². The van der Waals surface area contributed by atoms with Gasteiger partial charge in [-0.1, -0.05) is 12.1 Å². The van der Waals surface area contributed by atoms with Crippen molar-refractivity contribution in [3.05, 3.63) is 29.8 Å². The Kier molecular flexibility index (Phi) is 7.39. The fraction of sp³-hybridized carbons (Fsp3) is 0.375. The fourth-order valence-corrected chi connectivity index (χ4v) is 1.74. The van der Waals surface area contributed by atoms with Crippen molar-refractivity contribution in [1.29, 1.82) is 0 Å². The van der Waals surface area contributed by atoms with Crippen molar-refractivity contribution in [1.82, 2.24) is 16.0 Å². The summed E-state index contributed by atoms with van der Waals surface area (Å²) in [4.78, 5) is 46.9. The van der Waals surface area contributed by atoms with Crippen molar-refractivity contribution in [2.75, 3.05) is 12.4 Å². The molecule has 1 unspecified atom stereocenters. The molecule has 0 saturated carbocycles. The van der Waals surface area contributed by atoms with Crippen molar-refractivity contribution >= 4 is 29.6 Å². The molecule has 0 heterocycles. The monoisotopic (exact) mass is 350 g/mol. The smallest absolute Gasteiger partial charge is 0.341 e. The number of urea groups is 2. The highest BCUT2D eigenvalue weighted by atomic mass is 16.5. The third-order valence-corrected chi connectivity index (χ3v) is 2.93. The first kappa shape index (κ1) is 19.9. The molecule has 1 atom stereocenters. The van der Waals surface area contributed by atoms with Crippen LogP contribution in [0.15, 0.2) is 24.3 Å². The van der Waals surface area contributed by atoms with Gasteiger partial charge in [-0.3, -0.25) is 10.1 Å². The molecule has 4 N–H and O–H groups in total. The van der Waals surface area contributed by atoms with Crippen LogP contribution in [0.2, 0.25) is 0 Å².